The molecule has 0 amide bonds. The molecule has 0 N–H and O–H groups in total. The van der Waals surface area contributed by atoms with Gasteiger partial charge in [-0.3, -0.25) is 4.79 Å². The maximum absolute atomic E-state index is 10.7. The highest BCUT2D eigenvalue weighted by Gasteiger charge is 1.99. The van der Waals surface area contributed by atoms with Crippen LogP contribution in [0.15, 0.2) is 0 Å². The van der Waals surface area contributed by atoms with Crippen LogP contribution < -0.4 is 0 Å². The van der Waals surface area contributed by atoms with Crippen molar-refractivity contribution in [2.24, 2.45) is 0 Å². The van der Waals surface area contributed by atoms with Crippen molar-refractivity contribution in [2.45, 2.75) is 19.8 Å². The zero-order valence-electron chi connectivity index (χ0n) is 6.34. The van der Waals surface area contributed by atoms with Crippen molar-refractivity contribution in [1.82, 2.24) is 0 Å². The lowest BCUT2D eigenvalue weighted by Gasteiger charge is -1.99. The van der Waals surface area contributed by atoms with Gasteiger partial charge in [-0.25, -0.2) is 0 Å². The topological polar surface area (TPSA) is 35.5 Å². The Balaban J connectivity index is 3.04. The van der Waals surface area contributed by atoms with Crippen LogP contribution in [-0.2, 0) is 13.7 Å². The summed E-state index contributed by atoms with van der Waals surface area (Å²) in [6.07, 6.45) is 1.18. The van der Waals surface area contributed by atoms with Gasteiger partial charge in [0.2, 0.25) is 0 Å². The molecule has 3 nitrogen and oxygen atoms in total. The average molecular weight is 290 g/mol. The number of carbonyl (C=O) groups is 1. The Kier molecular flexibility index (Phi) is 9.00. The Labute approximate surface area is 83.0 Å². The summed E-state index contributed by atoms with van der Waals surface area (Å²) in [6, 6.07) is 0. The van der Waals surface area contributed by atoms with Crippen LogP contribution in [0.2, 0.25) is 0 Å². The van der Waals surface area contributed by atoms with Gasteiger partial charge in [0.1, 0.15) is 0 Å². The van der Waals surface area contributed by atoms with Crippen molar-refractivity contribution < 1.29 is 13.7 Å². The van der Waals surface area contributed by atoms with E-state index in [4.69, 9.17) is 8.92 Å². The summed E-state index contributed by atoms with van der Waals surface area (Å²) < 4.78 is 9.68. The van der Waals surface area contributed by atoms with E-state index in [0.717, 1.165) is 6.42 Å². The van der Waals surface area contributed by atoms with E-state index < -0.39 is 0 Å². The molecule has 0 heterocycles. The lowest BCUT2D eigenvalue weighted by atomic mass is 10.3. The van der Waals surface area contributed by atoms with Gasteiger partial charge in [-0.05, 0) is 13.3 Å². The summed E-state index contributed by atoms with van der Waals surface area (Å²) in [5, 5.41) is 0. The summed E-state index contributed by atoms with van der Waals surface area (Å²) >= 11 is 2.04. The quantitative estimate of drug-likeness (QED) is 0.325. The smallest absolute Gasteiger partial charge is 0.305 e. The Hall–Kier alpha value is 0.510. The predicted octanol–water partition coefficient (Wildman–Crippen LogP) is 2.34. The highest BCUT2D eigenvalue weighted by Crippen LogP contribution is 2.12. The number of halogens is 1. The molecule has 0 aliphatic rings. The molecule has 0 fully saturated rings. The molecule has 0 radical (unpaired) electrons. The van der Waals surface area contributed by atoms with Gasteiger partial charge in [-0.15, -0.1) is 0 Å². The van der Waals surface area contributed by atoms with Crippen LogP contribution in [0.3, 0.4) is 0 Å². The molecule has 0 saturated carbocycles. The fourth-order valence-corrected chi connectivity index (χ4v) is 1.26. The standard InChI is InChI=1S/C6H11IO3S/c1-2-9-6(8)4-3-5-10-11-7/h2-5H2,1H3. The van der Waals surface area contributed by atoms with Gasteiger partial charge in [-0.1, -0.05) is 0 Å². The van der Waals surface area contributed by atoms with Crippen LogP contribution in [0.5, 0.6) is 0 Å². The molecule has 0 aliphatic heterocycles. The van der Waals surface area contributed by atoms with Gasteiger partial charge in [0.25, 0.3) is 0 Å². The monoisotopic (exact) mass is 290 g/mol. The number of ether oxygens (including phenoxy) is 1. The lowest BCUT2D eigenvalue weighted by molar-refractivity contribution is -0.143. The Morgan fingerprint density at radius 2 is 2.36 bits per heavy atom. The van der Waals surface area contributed by atoms with Gasteiger partial charge in [0, 0.05) is 27.6 Å². The van der Waals surface area contributed by atoms with Crippen LogP contribution in [0, 0.1) is 0 Å². The molecule has 0 atom stereocenters. The number of rotatable bonds is 6. The van der Waals surface area contributed by atoms with Gasteiger partial charge in [-0.2, -0.15) is 0 Å². The number of hydrogen-bond donors (Lipinski definition) is 0. The molecule has 5 heteroatoms. The van der Waals surface area contributed by atoms with Crippen molar-refractivity contribution in [1.29, 1.82) is 0 Å². The summed E-state index contributed by atoms with van der Waals surface area (Å²) in [6.45, 7) is 2.86. The van der Waals surface area contributed by atoms with E-state index in [1.807, 2.05) is 21.2 Å². The maximum atomic E-state index is 10.7. The third-order valence-corrected chi connectivity index (χ3v) is 1.98. The average Bonchev–Trinajstić information content (AvgIpc) is 1.99. The third kappa shape index (κ3) is 8.42. The van der Waals surface area contributed by atoms with E-state index >= 15 is 0 Å². The Morgan fingerprint density at radius 3 is 2.91 bits per heavy atom. The normalized spacial score (nSPS) is 9.64. The SMILES string of the molecule is CCOC(=O)CCCOSI. The van der Waals surface area contributed by atoms with E-state index in [9.17, 15) is 4.79 Å². The van der Waals surface area contributed by atoms with Gasteiger partial charge >= 0.3 is 5.97 Å². The fraction of sp³-hybridized carbons (Fsp3) is 0.833. The Bertz CT molecular complexity index is 110. The first-order valence-electron chi connectivity index (χ1n) is 3.37. The van der Waals surface area contributed by atoms with Crippen molar-refractivity contribution in [3.8, 4) is 0 Å². The van der Waals surface area contributed by atoms with Crippen molar-refractivity contribution in [2.75, 3.05) is 13.2 Å². The maximum Gasteiger partial charge on any atom is 0.305 e. The molecule has 0 spiro atoms. The summed E-state index contributed by atoms with van der Waals surface area (Å²) in [5.41, 5.74) is 0. The number of esters is 1. The van der Waals surface area contributed by atoms with Crippen molar-refractivity contribution in [3.05, 3.63) is 0 Å². The highest BCUT2D eigenvalue weighted by molar-refractivity contribution is 14.2. The third-order valence-electron chi connectivity index (χ3n) is 0.958. The zero-order chi connectivity index (χ0) is 8.53. The molecule has 0 unspecified atom stereocenters. The van der Waals surface area contributed by atoms with E-state index in [-0.39, 0.29) is 5.97 Å². The summed E-state index contributed by atoms with van der Waals surface area (Å²) in [5.74, 6) is -0.144. The zero-order valence-corrected chi connectivity index (χ0v) is 9.31. The molecule has 0 bridgehead atoms. The molecule has 0 aliphatic carbocycles. The van der Waals surface area contributed by atoms with Crippen LogP contribution in [0.25, 0.3) is 0 Å². The Morgan fingerprint density at radius 1 is 1.64 bits per heavy atom. The molecule has 0 saturated heterocycles. The van der Waals surface area contributed by atoms with Crippen LogP contribution in [0.4, 0.5) is 0 Å². The van der Waals surface area contributed by atoms with Gasteiger partial charge in [0.05, 0.1) is 22.4 Å². The van der Waals surface area contributed by atoms with Crippen LogP contribution in [0.1, 0.15) is 19.8 Å². The fourth-order valence-electron chi connectivity index (χ4n) is 0.540. The van der Waals surface area contributed by atoms with E-state index in [1.165, 1.54) is 9.21 Å². The van der Waals surface area contributed by atoms with Gasteiger partial charge in [0.15, 0.2) is 0 Å². The van der Waals surface area contributed by atoms with E-state index in [2.05, 4.69) is 0 Å². The van der Waals surface area contributed by atoms with Crippen LogP contribution in [-0.4, -0.2) is 19.2 Å². The molecule has 0 aromatic carbocycles. The second kappa shape index (κ2) is 8.61. The minimum absolute atomic E-state index is 0.144. The molecule has 66 valence electrons. The number of carbonyl (C=O) groups excluding carboxylic acids is 1. The minimum Gasteiger partial charge on any atom is -0.466 e. The molecule has 0 aromatic rings. The summed E-state index contributed by atoms with van der Waals surface area (Å²) in [4.78, 5) is 10.7. The highest BCUT2D eigenvalue weighted by atomic mass is 127. The molecular formula is C6H11IO3S. The van der Waals surface area contributed by atoms with Crippen molar-refractivity contribution in [3.63, 3.8) is 0 Å². The van der Waals surface area contributed by atoms with Crippen molar-refractivity contribution >= 4 is 36.4 Å². The molecule has 11 heavy (non-hydrogen) atoms. The predicted molar refractivity (Wildman–Crippen MR) is 53.4 cm³/mol. The largest absolute Gasteiger partial charge is 0.466 e. The summed E-state index contributed by atoms with van der Waals surface area (Å²) in [7, 11) is 1.28. The second-order valence-electron chi connectivity index (χ2n) is 1.79. The second-order valence-corrected chi connectivity index (χ2v) is 3.23. The lowest BCUT2D eigenvalue weighted by Crippen LogP contribution is -2.04. The first kappa shape index (κ1) is 11.5. The first-order valence-corrected chi connectivity index (χ1v) is 6.65. The van der Waals surface area contributed by atoms with E-state index in [1.54, 1.807) is 6.92 Å². The molecular weight excluding hydrogens is 279 g/mol. The molecule has 0 rings (SSSR count). The minimum atomic E-state index is -0.144. The van der Waals surface area contributed by atoms with Crippen LogP contribution >= 0.6 is 30.4 Å². The van der Waals surface area contributed by atoms with E-state index in [0.29, 0.717) is 19.6 Å². The molecule has 0 aromatic heterocycles. The first-order chi connectivity index (χ1) is 5.31. The number of hydrogen-bond acceptors (Lipinski definition) is 4. The van der Waals surface area contributed by atoms with Gasteiger partial charge < -0.3 is 8.92 Å².